The molecule has 1 nitrogen and oxygen atoms in total. The van der Waals surface area contributed by atoms with Gasteiger partial charge < -0.3 is 5.11 Å². The molecule has 70 valence electrons. The second-order valence-corrected chi connectivity index (χ2v) is 3.79. The molecule has 1 N–H and O–H groups in total. The van der Waals surface area contributed by atoms with Crippen LogP contribution in [0.3, 0.4) is 0 Å². The molecule has 0 aliphatic heterocycles. The van der Waals surface area contributed by atoms with E-state index in [9.17, 15) is 0 Å². The molecule has 1 unspecified atom stereocenters. The van der Waals surface area contributed by atoms with Crippen LogP contribution < -0.4 is 0 Å². The average molecular weight is 168 g/mol. The minimum atomic E-state index is 0.356. The van der Waals surface area contributed by atoms with Gasteiger partial charge in [0.15, 0.2) is 0 Å². The maximum absolute atomic E-state index is 8.60. The fraction of sp³-hybridized carbons (Fsp3) is 0.818. The number of hydrogen-bond acceptors (Lipinski definition) is 1. The molecule has 0 saturated heterocycles. The number of unbranched alkanes of at least 4 members (excludes halogenated alkanes) is 2. The summed E-state index contributed by atoms with van der Waals surface area (Å²) in [6.45, 7) is 2.68. The van der Waals surface area contributed by atoms with Crippen LogP contribution in [0.1, 0.15) is 45.4 Å². The summed E-state index contributed by atoms with van der Waals surface area (Å²) in [5.41, 5.74) is 1.66. The van der Waals surface area contributed by atoms with E-state index in [2.05, 4.69) is 13.0 Å². The largest absolute Gasteiger partial charge is 0.396 e. The Morgan fingerprint density at radius 2 is 2.25 bits per heavy atom. The lowest BCUT2D eigenvalue weighted by atomic mass is 9.99. The van der Waals surface area contributed by atoms with Gasteiger partial charge in [-0.3, -0.25) is 0 Å². The van der Waals surface area contributed by atoms with Crippen LogP contribution >= 0.6 is 0 Å². The third kappa shape index (κ3) is 2.98. The Balaban J connectivity index is 2.06. The Hall–Kier alpha value is -0.300. The zero-order chi connectivity index (χ0) is 8.81. The minimum Gasteiger partial charge on any atom is -0.396 e. The minimum absolute atomic E-state index is 0.356. The predicted molar refractivity (Wildman–Crippen MR) is 52.0 cm³/mol. The highest BCUT2D eigenvalue weighted by atomic mass is 16.2. The first kappa shape index (κ1) is 9.79. The van der Waals surface area contributed by atoms with Gasteiger partial charge in [-0.05, 0) is 38.0 Å². The average Bonchev–Trinajstić information content (AvgIpc) is 2.46. The van der Waals surface area contributed by atoms with Crippen molar-refractivity contribution in [1.29, 1.82) is 0 Å². The standard InChI is InChI=1S/C11H20O/c1-10-6-5-8-11(10)7-3-2-4-9-12/h8,10,12H,2-7,9H2,1H3. The van der Waals surface area contributed by atoms with E-state index in [0.29, 0.717) is 6.61 Å². The van der Waals surface area contributed by atoms with E-state index in [1.54, 1.807) is 5.57 Å². The fourth-order valence-electron chi connectivity index (χ4n) is 1.87. The highest BCUT2D eigenvalue weighted by Gasteiger charge is 2.12. The molecular weight excluding hydrogens is 148 g/mol. The van der Waals surface area contributed by atoms with Crippen LogP contribution in [0.4, 0.5) is 0 Å². The van der Waals surface area contributed by atoms with Crippen molar-refractivity contribution in [2.24, 2.45) is 5.92 Å². The van der Waals surface area contributed by atoms with Crippen LogP contribution in [0.15, 0.2) is 11.6 Å². The summed E-state index contributed by atoms with van der Waals surface area (Å²) in [5, 5.41) is 8.60. The number of aliphatic hydroxyl groups is 1. The topological polar surface area (TPSA) is 20.2 Å². The molecule has 12 heavy (non-hydrogen) atoms. The normalized spacial score (nSPS) is 22.8. The predicted octanol–water partition coefficient (Wildman–Crippen LogP) is 2.90. The Kier molecular flexibility index (Phi) is 4.37. The van der Waals surface area contributed by atoms with E-state index in [1.165, 1.54) is 32.1 Å². The van der Waals surface area contributed by atoms with E-state index >= 15 is 0 Å². The third-order valence-electron chi connectivity index (χ3n) is 2.76. The Bertz CT molecular complexity index is 149. The highest BCUT2D eigenvalue weighted by Crippen LogP contribution is 2.28. The lowest BCUT2D eigenvalue weighted by molar-refractivity contribution is 0.283. The molecule has 0 aromatic carbocycles. The van der Waals surface area contributed by atoms with Gasteiger partial charge in [0.1, 0.15) is 0 Å². The van der Waals surface area contributed by atoms with Crippen molar-refractivity contribution in [1.82, 2.24) is 0 Å². The first-order chi connectivity index (χ1) is 5.84. The molecular formula is C11H20O. The fourth-order valence-corrected chi connectivity index (χ4v) is 1.87. The van der Waals surface area contributed by atoms with Crippen molar-refractivity contribution >= 4 is 0 Å². The van der Waals surface area contributed by atoms with E-state index in [1.807, 2.05) is 0 Å². The second-order valence-electron chi connectivity index (χ2n) is 3.79. The lowest BCUT2D eigenvalue weighted by Crippen LogP contribution is -1.93. The van der Waals surface area contributed by atoms with Gasteiger partial charge in [0.05, 0.1) is 0 Å². The van der Waals surface area contributed by atoms with Gasteiger partial charge in [0.2, 0.25) is 0 Å². The van der Waals surface area contributed by atoms with E-state index in [0.717, 1.165) is 12.3 Å². The monoisotopic (exact) mass is 168 g/mol. The molecule has 0 aromatic heterocycles. The number of hydrogen-bond donors (Lipinski definition) is 1. The van der Waals surface area contributed by atoms with Crippen molar-refractivity contribution in [2.75, 3.05) is 6.61 Å². The second kappa shape index (κ2) is 5.36. The quantitative estimate of drug-likeness (QED) is 0.494. The van der Waals surface area contributed by atoms with E-state index < -0.39 is 0 Å². The van der Waals surface area contributed by atoms with Gasteiger partial charge in [-0.25, -0.2) is 0 Å². The lowest BCUT2D eigenvalue weighted by Gasteiger charge is -2.07. The molecule has 0 amide bonds. The molecule has 1 aliphatic rings. The molecule has 0 aromatic rings. The Morgan fingerprint density at radius 1 is 1.42 bits per heavy atom. The molecule has 1 aliphatic carbocycles. The van der Waals surface area contributed by atoms with Gasteiger partial charge in [0, 0.05) is 6.61 Å². The SMILES string of the molecule is CC1CCC=C1CCCCCO. The van der Waals surface area contributed by atoms with Crippen LogP contribution in [0.25, 0.3) is 0 Å². The first-order valence-electron chi connectivity index (χ1n) is 5.14. The van der Waals surface area contributed by atoms with Gasteiger partial charge in [-0.2, -0.15) is 0 Å². The summed E-state index contributed by atoms with van der Waals surface area (Å²) in [6, 6.07) is 0. The molecule has 0 radical (unpaired) electrons. The van der Waals surface area contributed by atoms with Crippen molar-refractivity contribution in [3.8, 4) is 0 Å². The van der Waals surface area contributed by atoms with Gasteiger partial charge in [-0.15, -0.1) is 0 Å². The number of rotatable bonds is 5. The Labute approximate surface area is 75.5 Å². The number of allylic oxidation sites excluding steroid dienone is 2. The molecule has 1 atom stereocenters. The van der Waals surface area contributed by atoms with Crippen molar-refractivity contribution < 1.29 is 5.11 Å². The zero-order valence-electron chi connectivity index (χ0n) is 8.05. The van der Waals surface area contributed by atoms with Crippen LogP contribution in [0.5, 0.6) is 0 Å². The zero-order valence-corrected chi connectivity index (χ0v) is 8.05. The molecule has 0 bridgehead atoms. The molecule has 0 heterocycles. The van der Waals surface area contributed by atoms with E-state index in [4.69, 9.17) is 5.11 Å². The molecule has 1 heteroatoms. The Morgan fingerprint density at radius 3 is 2.83 bits per heavy atom. The van der Waals surface area contributed by atoms with Crippen LogP contribution in [0, 0.1) is 5.92 Å². The molecule has 1 rings (SSSR count). The molecule has 0 spiro atoms. The maximum Gasteiger partial charge on any atom is 0.0431 e. The van der Waals surface area contributed by atoms with E-state index in [-0.39, 0.29) is 0 Å². The molecule has 0 fully saturated rings. The highest BCUT2D eigenvalue weighted by molar-refractivity contribution is 5.11. The smallest absolute Gasteiger partial charge is 0.0431 e. The third-order valence-corrected chi connectivity index (χ3v) is 2.76. The van der Waals surface area contributed by atoms with Crippen molar-refractivity contribution in [2.45, 2.75) is 45.4 Å². The van der Waals surface area contributed by atoms with Crippen molar-refractivity contribution in [3.63, 3.8) is 0 Å². The summed E-state index contributed by atoms with van der Waals surface area (Å²) < 4.78 is 0. The summed E-state index contributed by atoms with van der Waals surface area (Å²) in [5.74, 6) is 0.833. The van der Waals surface area contributed by atoms with Gasteiger partial charge in [-0.1, -0.05) is 25.0 Å². The summed E-state index contributed by atoms with van der Waals surface area (Å²) in [4.78, 5) is 0. The summed E-state index contributed by atoms with van der Waals surface area (Å²) >= 11 is 0. The first-order valence-corrected chi connectivity index (χ1v) is 5.14. The van der Waals surface area contributed by atoms with Crippen LogP contribution in [-0.4, -0.2) is 11.7 Å². The maximum atomic E-state index is 8.60. The summed E-state index contributed by atoms with van der Waals surface area (Å²) in [7, 11) is 0. The van der Waals surface area contributed by atoms with Gasteiger partial charge in [0.25, 0.3) is 0 Å². The number of aliphatic hydroxyl groups excluding tert-OH is 1. The van der Waals surface area contributed by atoms with Gasteiger partial charge >= 0.3 is 0 Å². The van der Waals surface area contributed by atoms with Crippen LogP contribution in [-0.2, 0) is 0 Å². The van der Waals surface area contributed by atoms with Crippen LogP contribution in [0.2, 0.25) is 0 Å². The van der Waals surface area contributed by atoms with Crippen molar-refractivity contribution in [3.05, 3.63) is 11.6 Å². The molecule has 0 saturated carbocycles. The summed E-state index contributed by atoms with van der Waals surface area (Å²) in [6.07, 6.45) is 9.73.